The number of aromatic nitrogens is 1. The van der Waals surface area contributed by atoms with Crippen LogP contribution in [0, 0.1) is 13.8 Å². The Hall–Kier alpha value is -1.94. The van der Waals surface area contributed by atoms with Gasteiger partial charge in [0.05, 0.1) is 5.69 Å². The molecule has 4 heteroatoms. The Morgan fingerprint density at radius 2 is 1.85 bits per heavy atom. The zero-order valence-corrected chi connectivity index (χ0v) is 12.9. The maximum absolute atomic E-state index is 5.62. The van der Waals surface area contributed by atoms with Crippen LogP contribution >= 0.6 is 12.2 Å². The van der Waals surface area contributed by atoms with Crippen LogP contribution in [0.3, 0.4) is 0 Å². The van der Waals surface area contributed by atoms with Crippen LogP contribution in [0.1, 0.15) is 22.4 Å². The van der Waals surface area contributed by atoms with Crippen molar-refractivity contribution in [2.24, 2.45) is 5.73 Å². The third-order valence-corrected chi connectivity index (χ3v) is 3.35. The largest absolute Gasteiger partial charge is 0.388 e. The van der Waals surface area contributed by atoms with E-state index in [0.717, 1.165) is 12.1 Å². The van der Waals surface area contributed by atoms with Crippen LogP contribution in [0.2, 0.25) is 0 Å². The average molecular weight is 285 g/mol. The summed E-state index contributed by atoms with van der Waals surface area (Å²) in [4.78, 5) is 6.70. The summed E-state index contributed by atoms with van der Waals surface area (Å²) in [6, 6.07) is 10.5. The highest BCUT2D eigenvalue weighted by molar-refractivity contribution is 7.80. The number of rotatable bonds is 4. The van der Waals surface area contributed by atoms with Crippen molar-refractivity contribution in [1.82, 2.24) is 4.98 Å². The van der Waals surface area contributed by atoms with Crippen molar-refractivity contribution in [2.75, 3.05) is 11.9 Å². The van der Waals surface area contributed by atoms with Gasteiger partial charge in [0, 0.05) is 25.5 Å². The minimum Gasteiger partial charge on any atom is -0.388 e. The Morgan fingerprint density at radius 1 is 1.20 bits per heavy atom. The van der Waals surface area contributed by atoms with Gasteiger partial charge in [-0.15, -0.1) is 0 Å². The molecule has 1 aromatic carbocycles. The normalized spacial score (nSPS) is 10.3. The molecule has 20 heavy (non-hydrogen) atoms. The van der Waals surface area contributed by atoms with Gasteiger partial charge >= 0.3 is 0 Å². The molecule has 0 bridgehead atoms. The van der Waals surface area contributed by atoms with E-state index in [0.29, 0.717) is 10.7 Å². The summed E-state index contributed by atoms with van der Waals surface area (Å²) in [7, 11) is 2.08. The fraction of sp³-hybridized carbons (Fsp3) is 0.250. The fourth-order valence-corrected chi connectivity index (χ4v) is 2.36. The van der Waals surface area contributed by atoms with Crippen molar-refractivity contribution in [2.45, 2.75) is 20.4 Å². The minimum atomic E-state index is 0.334. The molecular weight excluding hydrogens is 266 g/mol. The summed E-state index contributed by atoms with van der Waals surface area (Å²) in [6.45, 7) is 5.02. The van der Waals surface area contributed by atoms with Crippen molar-refractivity contribution < 1.29 is 0 Å². The molecule has 0 amide bonds. The predicted molar refractivity (Wildman–Crippen MR) is 88.1 cm³/mol. The first-order valence-corrected chi connectivity index (χ1v) is 6.90. The monoisotopic (exact) mass is 285 g/mol. The van der Waals surface area contributed by atoms with Gasteiger partial charge in [-0.1, -0.05) is 18.3 Å². The van der Waals surface area contributed by atoms with Gasteiger partial charge in [0.2, 0.25) is 0 Å². The fourth-order valence-electron chi connectivity index (χ4n) is 2.24. The number of aryl methyl sites for hydroxylation is 2. The van der Waals surface area contributed by atoms with Gasteiger partial charge in [-0.2, -0.15) is 0 Å². The maximum atomic E-state index is 5.62. The molecule has 0 radical (unpaired) electrons. The Balaban J connectivity index is 2.20. The summed E-state index contributed by atoms with van der Waals surface area (Å²) < 4.78 is 0. The number of hydrogen-bond donors (Lipinski definition) is 1. The van der Waals surface area contributed by atoms with Crippen molar-refractivity contribution in [3.63, 3.8) is 0 Å². The number of benzene rings is 1. The summed E-state index contributed by atoms with van der Waals surface area (Å²) in [5.74, 6) is 0. The van der Waals surface area contributed by atoms with Crippen molar-refractivity contribution in [3.8, 4) is 0 Å². The molecule has 3 nitrogen and oxygen atoms in total. The van der Waals surface area contributed by atoms with E-state index in [4.69, 9.17) is 18.0 Å². The van der Waals surface area contributed by atoms with Gasteiger partial charge in [-0.25, -0.2) is 0 Å². The van der Waals surface area contributed by atoms with Crippen LogP contribution in [-0.4, -0.2) is 17.0 Å². The third-order valence-electron chi connectivity index (χ3n) is 3.14. The molecule has 2 aromatic rings. The smallest absolute Gasteiger partial charge is 0.122 e. The van der Waals surface area contributed by atoms with Crippen LogP contribution < -0.4 is 10.6 Å². The zero-order chi connectivity index (χ0) is 14.7. The highest BCUT2D eigenvalue weighted by Crippen LogP contribution is 2.19. The SMILES string of the molecule is Cc1cc(C)cc(N(C)Cc2ccnc(C(N)=S)c2)c1. The molecule has 0 spiro atoms. The lowest BCUT2D eigenvalue weighted by atomic mass is 10.1. The lowest BCUT2D eigenvalue weighted by molar-refractivity contribution is 0.916. The van der Waals surface area contributed by atoms with Gasteiger partial charge in [-0.3, -0.25) is 4.98 Å². The molecule has 1 heterocycles. The quantitative estimate of drug-likeness (QED) is 0.877. The number of hydrogen-bond acceptors (Lipinski definition) is 3. The molecule has 104 valence electrons. The molecule has 0 atom stereocenters. The van der Waals surface area contributed by atoms with E-state index in [1.54, 1.807) is 6.20 Å². The highest BCUT2D eigenvalue weighted by atomic mass is 32.1. The van der Waals surface area contributed by atoms with Crippen LogP contribution in [-0.2, 0) is 6.54 Å². The van der Waals surface area contributed by atoms with Gasteiger partial charge in [0.15, 0.2) is 0 Å². The molecule has 0 unspecified atom stereocenters. The maximum Gasteiger partial charge on any atom is 0.122 e. The molecular formula is C16H19N3S. The standard InChI is InChI=1S/C16H19N3S/c1-11-6-12(2)8-14(7-11)19(3)10-13-4-5-18-15(9-13)16(17)20/h4-9H,10H2,1-3H3,(H2,17,20). The molecule has 0 saturated carbocycles. The van der Waals surface area contributed by atoms with E-state index in [2.05, 4.69) is 49.0 Å². The Morgan fingerprint density at radius 3 is 2.45 bits per heavy atom. The van der Waals surface area contributed by atoms with Crippen molar-refractivity contribution in [1.29, 1.82) is 0 Å². The van der Waals surface area contributed by atoms with E-state index in [1.165, 1.54) is 16.8 Å². The molecule has 2 N–H and O–H groups in total. The third kappa shape index (κ3) is 3.54. The lowest BCUT2D eigenvalue weighted by Gasteiger charge is -2.20. The van der Waals surface area contributed by atoms with Crippen LogP contribution in [0.25, 0.3) is 0 Å². The first-order chi connectivity index (χ1) is 9.45. The summed E-state index contributed by atoms with van der Waals surface area (Å²) in [6.07, 6.45) is 1.75. The molecule has 2 rings (SSSR count). The van der Waals surface area contributed by atoms with Crippen molar-refractivity contribution in [3.05, 3.63) is 58.9 Å². The van der Waals surface area contributed by atoms with E-state index >= 15 is 0 Å². The van der Waals surface area contributed by atoms with Crippen LogP contribution in [0.5, 0.6) is 0 Å². The molecule has 0 saturated heterocycles. The van der Waals surface area contributed by atoms with Gasteiger partial charge < -0.3 is 10.6 Å². The number of anilines is 1. The minimum absolute atomic E-state index is 0.334. The molecule has 0 aliphatic rings. The van der Waals surface area contributed by atoms with Gasteiger partial charge in [0.25, 0.3) is 0 Å². The number of thiocarbonyl (C=S) groups is 1. The van der Waals surface area contributed by atoms with Gasteiger partial charge in [0.1, 0.15) is 4.99 Å². The van der Waals surface area contributed by atoms with E-state index in [9.17, 15) is 0 Å². The summed E-state index contributed by atoms with van der Waals surface area (Å²) in [5.41, 5.74) is 11.2. The van der Waals surface area contributed by atoms with Gasteiger partial charge in [-0.05, 0) is 54.8 Å². The van der Waals surface area contributed by atoms with Crippen molar-refractivity contribution >= 4 is 22.9 Å². The molecule has 0 aliphatic heterocycles. The van der Waals surface area contributed by atoms with E-state index in [-0.39, 0.29) is 0 Å². The number of nitrogens with zero attached hydrogens (tertiary/aromatic N) is 2. The van der Waals surface area contributed by atoms with Crippen LogP contribution in [0.4, 0.5) is 5.69 Å². The zero-order valence-electron chi connectivity index (χ0n) is 12.1. The Labute approximate surface area is 125 Å². The first-order valence-electron chi connectivity index (χ1n) is 6.50. The summed E-state index contributed by atoms with van der Waals surface area (Å²) >= 11 is 4.96. The van der Waals surface area contributed by atoms with E-state index < -0.39 is 0 Å². The Kier molecular flexibility index (Phi) is 4.35. The second-order valence-electron chi connectivity index (χ2n) is 5.12. The first kappa shape index (κ1) is 14.5. The topological polar surface area (TPSA) is 42.2 Å². The second-order valence-corrected chi connectivity index (χ2v) is 5.56. The molecule has 0 aliphatic carbocycles. The summed E-state index contributed by atoms with van der Waals surface area (Å²) in [5, 5.41) is 0. The number of nitrogens with two attached hydrogens (primary N) is 1. The molecule has 0 fully saturated rings. The predicted octanol–water partition coefficient (Wildman–Crippen LogP) is 2.97. The number of pyridine rings is 1. The van der Waals surface area contributed by atoms with E-state index in [1.807, 2.05) is 12.1 Å². The lowest BCUT2D eigenvalue weighted by Crippen LogP contribution is -2.18. The van der Waals surface area contributed by atoms with Crippen LogP contribution in [0.15, 0.2) is 36.5 Å². The highest BCUT2D eigenvalue weighted by Gasteiger charge is 2.05. The Bertz CT molecular complexity index is 617. The molecule has 1 aromatic heterocycles. The average Bonchev–Trinajstić information content (AvgIpc) is 2.37. The second kappa shape index (κ2) is 6.01.